The minimum absolute atomic E-state index is 0.136. The van der Waals surface area contributed by atoms with Gasteiger partial charge in [0.2, 0.25) is 0 Å². The van der Waals surface area contributed by atoms with E-state index in [1.165, 1.54) is 0 Å². The van der Waals surface area contributed by atoms with Gasteiger partial charge in [0.25, 0.3) is 0 Å². The first-order chi connectivity index (χ1) is 8.33. The van der Waals surface area contributed by atoms with Gasteiger partial charge in [0.05, 0.1) is 6.04 Å². The number of anilines is 1. The maximum absolute atomic E-state index is 5.85. The van der Waals surface area contributed by atoms with E-state index in [0.717, 1.165) is 17.1 Å². The van der Waals surface area contributed by atoms with Crippen LogP contribution in [0.3, 0.4) is 0 Å². The van der Waals surface area contributed by atoms with Crippen molar-refractivity contribution < 1.29 is 4.74 Å². The van der Waals surface area contributed by atoms with E-state index in [0.29, 0.717) is 11.8 Å². The first-order valence-electron chi connectivity index (χ1n) is 5.44. The Labute approximate surface area is 104 Å². The largest absolute Gasteiger partial charge is 0.491 e. The third kappa shape index (κ3) is 2.06. The van der Waals surface area contributed by atoms with E-state index in [-0.39, 0.29) is 6.04 Å². The summed E-state index contributed by atoms with van der Waals surface area (Å²) in [4.78, 5) is 4.21. The average molecular weight is 247 g/mol. The lowest BCUT2D eigenvalue weighted by molar-refractivity contribution is 0.339. The number of halogens is 1. The molecule has 4 heteroatoms. The van der Waals surface area contributed by atoms with Gasteiger partial charge < -0.3 is 10.1 Å². The molecule has 3 nitrogen and oxygen atoms in total. The number of para-hydroxylation sites is 1. The SMILES string of the molecule is Clc1cccc(NC2COc3ccccc32)n1. The molecule has 0 spiro atoms. The molecule has 86 valence electrons. The van der Waals surface area contributed by atoms with Crippen molar-refractivity contribution in [3.63, 3.8) is 0 Å². The minimum atomic E-state index is 0.136. The Morgan fingerprint density at radius 3 is 2.94 bits per heavy atom. The zero-order chi connectivity index (χ0) is 11.7. The number of nitrogens with zero attached hydrogens (tertiary/aromatic N) is 1. The molecular formula is C13H11ClN2O. The Bertz CT molecular complexity index is 544. The quantitative estimate of drug-likeness (QED) is 0.826. The van der Waals surface area contributed by atoms with E-state index in [1.807, 2.05) is 30.3 Å². The highest BCUT2D eigenvalue weighted by molar-refractivity contribution is 6.29. The first kappa shape index (κ1) is 10.4. The maximum atomic E-state index is 5.85. The summed E-state index contributed by atoms with van der Waals surface area (Å²) in [6.07, 6.45) is 0. The van der Waals surface area contributed by atoms with Gasteiger partial charge in [0, 0.05) is 5.56 Å². The summed E-state index contributed by atoms with van der Waals surface area (Å²) in [5, 5.41) is 3.81. The van der Waals surface area contributed by atoms with Crippen LogP contribution in [0.1, 0.15) is 11.6 Å². The molecule has 0 radical (unpaired) electrons. The van der Waals surface area contributed by atoms with Gasteiger partial charge in [0.15, 0.2) is 0 Å². The van der Waals surface area contributed by atoms with Crippen LogP contribution in [0.4, 0.5) is 5.82 Å². The molecule has 2 heterocycles. The molecule has 1 unspecified atom stereocenters. The molecule has 0 amide bonds. The first-order valence-corrected chi connectivity index (χ1v) is 5.81. The number of benzene rings is 1. The van der Waals surface area contributed by atoms with Crippen LogP contribution in [0.2, 0.25) is 5.15 Å². The second-order valence-corrected chi connectivity index (χ2v) is 4.28. The van der Waals surface area contributed by atoms with E-state index in [1.54, 1.807) is 6.07 Å². The predicted octanol–water partition coefficient (Wildman–Crippen LogP) is 3.28. The summed E-state index contributed by atoms with van der Waals surface area (Å²) in [6.45, 7) is 0.619. The van der Waals surface area contributed by atoms with Crippen molar-refractivity contribution in [2.75, 3.05) is 11.9 Å². The number of hydrogen-bond donors (Lipinski definition) is 1. The zero-order valence-electron chi connectivity index (χ0n) is 9.06. The van der Waals surface area contributed by atoms with Gasteiger partial charge in [0.1, 0.15) is 23.3 Å². The Kier molecular flexibility index (Phi) is 2.61. The summed E-state index contributed by atoms with van der Waals surface area (Å²) < 4.78 is 5.59. The lowest BCUT2D eigenvalue weighted by Crippen LogP contribution is -2.12. The van der Waals surface area contributed by atoms with Crippen LogP contribution in [0.25, 0.3) is 0 Å². The summed E-state index contributed by atoms with van der Waals surface area (Å²) in [6, 6.07) is 13.7. The molecule has 0 saturated heterocycles. The lowest BCUT2D eigenvalue weighted by atomic mass is 10.1. The average Bonchev–Trinajstić information content (AvgIpc) is 2.73. The smallest absolute Gasteiger partial charge is 0.131 e. The fourth-order valence-electron chi connectivity index (χ4n) is 1.95. The van der Waals surface area contributed by atoms with Crippen molar-refractivity contribution >= 4 is 17.4 Å². The third-order valence-corrected chi connectivity index (χ3v) is 2.95. The molecule has 0 bridgehead atoms. The van der Waals surface area contributed by atoms with Crippen molar-refractivity contribution in [1.29, 1.82) is 0 Å². The molecular weight excluding hydrogens is 236 g/mol. The second kappa shape index (κ2) is 4.26. The normalized spacial score (nSPS) is 17.4. The second-order valence-electron chi connectivity index (χ2n) is 3.89. The van der Waals surface area contributed by atoms with E-state index in [2.05, 4.69) is 16.4 Å². The van der Waals surface area contributed by atoms with Crippen molar-refractivity contribution in [2.45, 2.75) is 6.04 Å². The molecule has 1 aromatic carbocycles. The van der Waals surface area contributed by atoms with Gasteiger partial charge >= 0.3 is 0 Å². The Morgan fingerprint density at radius 1 is 1.18 bits per heavy atom. The Hall–Kier alpha value is -1.74. The number of fused-ring (bicyclic) bond motifs is 1. The molecule has 2 aromatic rings. The number of hydrogen-bond acceptors (Lipinski definition) is 3. The van der Waals surface area contributed by atoms with E-state index in [9.17, 15) is 0 Å². The van der Waals surface area contributed by atoms with Gasteiger partial charge in [-0.05, 0) is 18.2 Å². The zero-order valence-corrected chi connectivity index (χ0v) is 9.82. The summed E-state index contributed by atoms with van der Waals surface area (Å²) in [7, 11) is 0. The van der Waals surface area contributed by atoms with Gasteiger partial charge in [-0.1, -0.05) is 35.9 Å². The van der Waals surface area contributed by atoms with E-state index in [4.69, 9.17) is 16.3 Å². The summed E-state index contributed by atoms with van der Waals surface area (Å²) in [5.74, 6) is 1.70. The topological polar surface area (TPSA) is 34.1 Å². The third-order valence-electron chi connectivity index (χ3n) is 2.74. The van der Waals surface area contributed by atoms with Crippen LogP contribution >= 0.6 is 11.6 Å². The van der Waals surface area contributed by atoms with Crippen LogP contribution in [-0.2, 0) is 0 Å². The van der Waals surface area contributed by atoms with Crippen LogP contribution in [0.15, 0.2) is 42.5 Å². The fourth-order valence-corrected chi connectivity index (χ4v) is 2.11. The van der Waals surface area contributed by atoms with Crippen molar-refractivity contribution in [3.05, 3.63) is 53.2 Å². The molecule has 17 heavy (non-hydrogen) atoms. The standard InChI is InChI=1S/C13H11ClN2O/c14-12-6-3-7-13(16-12)15-10-8-17-11-5-2-1-4-9(10)11/h1-7,10H,8H2,(H,15,16). The van der Waals surface area contributed by atoms with Gasteiger partial charge in [-0.3, -0.25) is 0 Å². The predicted molar refractivity (Wildman–Crippen MR) is 67.5 cm³/mol. The molecule has 1 aliphatic heterocycles. The van der Waals surface area contributed by atoms with Crippen molar-refractivity contribution in [3.8, 4) is 5.75 Å². The molecule has 0 saturated carbocycles. The van der Waals surface area contributed by atoms with Crippen molar-refractivity contribution in [1.82, 2.24) is 4.98 Å². The molecule has 0 aliphatic carbocycles. The molecule has 1 N–H and O–H groups in total. The number of pyridine rings is 1. The molecule has 1 atom stereocenters. The lowest BCUT2D eigenvalue weighted by Gasteiger charge is -2.12. The van der Waals surface area contributed by atoms with Gasteiger partial charge in [-0.25, -0.2) is 4.98 Å². The van der Waals surface area contributed by atoms with Crippen molar-refractivity contribution in [2.24, 2.45) is 0 Å². The van der Waals surface area contributed by atoms with Gasteiger partial charge in [-0.15, -0.1) is 0 Å². The Balaban J connectivity index is 1.84. The van der Waals surface area contributed by atoms with E-state index >= 15 is 0 Å². The highest BCUT2D eigenvalue weighted by atomic mass is 35.5. The highest BCUT2D eigenvalue weighted by Gasteiger charge is 2.23. The highest BCUT2D eigenvalue weighted by Crippen LogP contribution is 2.33. The van der Waals surface area contributed by atoms with Crippen LogP contribution in [0.5, 0.6) is 5.75 Å². The van der Waals surface area contributed by atoms with Crippen LogP contribution in [0, 0.1) is 0 Å². The van der Waals surface area contributed by atoms with Gasteiger partial charge in [-0.2, -0.15) is 0 Å². The van der Waals surface area contributed by atoms with Crippen LogP contribution in [-0.4, -0.2) is 11.6 Å². The molecule has 1 aliphatic rings. The number of rotatable bonds is 2. The van der Waals surface area contributed by atoms with E-state index < -0.39 is 0 Å². The number of nitrogens with one attached hydrogen (secondary N) is 1. The summed E-state index contributed by atoms with van der Waals surface area (Å²) >= 11 is 5.85. The molecule has 0 fully saturated rings. The minimum Gasteiger partial charge on any atom is -0.491 e. The fraction of sp³-hybridized carbons (Fsp3) is 0.154. The number of aromatic nitrogens is 1. The van der Waals surface area contributed by atoms with Crippen LogP contribution < -0.4 is 10.1 Å². The maximum Gasteiger partial charge on any atom is 0.131 e. The molecule has 1 aromatic heterocycles. The summed E-state index contributed by atoms with van der Waals surface area (Å²) in [5.41, 5.74) is 1.16. The number of ether oxygens (including phenoxy) is 1. The monoisotopic (exact) mass is 246 g/mol. The molecule has 3 rings (SSSR count). The Morgan fingerprint density at radius 2 is 2.06 bits per heavy atom.